The number of thiocarbonyl (C=S) groups is 1. The summed E-state index contributed by atoms with van der Waals surface area (Å²) in [5, 5.41) is 4.54. The van der Waals surface area contributed by atoms with Crippen LogP contribution in [-0.4, -0.2) is 4.99 Å². The second-order valence-corrected chi connectivity index (χ2v) is 5.93. The first-order valence-corrected chi connectivity index (χ1v) is 7.24. The number of halogens is 3. The Morgan fingerprint density at radius 3 is 2.30 bits per heavy atom. The van der Waals surface area contributed by atoms with E-state index >= 15 is 0 Å². The van der Waals surface area contributed by atoms with Crippen LogP contribution >= 0.6 is 47.0 Å². The minimum Gasteiger partial charge on any atom is -0.389 e. The van der Waals surface area contributed by atoms with Gasteiger partial charge < -0.3 is 11.1 Å². The van der Waals surface area contributed by atoms with Crippen molar-refractivity contribution in [1.82, 2.24) is 0 Å². The third-order valence-electron chi connectivity index (χ3n) is 2.78. The van der Waals surface area contributed by atoms with E-state index in [9.17, 15) is 0 Å². The second-order valence-electron chi connectivity index (χ2n) is 4.27. The van der Waals surface area contributed by atoms with Gasteiger partial charge in [-0.05, 0) is 42.8 Å². The van der Waals surface area contributed by atoms with E-state index in [1.165, 1.54) is 0 Å². The van der Waals surface area contributed by atoms with E-state index in [0.717, 1.165) is 16.8 Å². The van der Waals surface area contributed by atoms with Gasteiger partial charge in [0.15, 0.2) is 0 Å². The van der Waals surface area contributed by atoms with Crippen molar-refractivity contribution in [1.29, 1.82) is 0 Å². The fraction of sp³-hybridized carbons (Fsp3) is 0.0714. The molecule has 6 heteroatoms. The quantitative estimate of drug-likeness (QED) is 0.583. The van der Waals surface area contributed by atoms with Crippen LogP contribution in [0.25, 0.3) is 0 Å². The largest absolute Gasteiger partial charge is 0.389 e. The van der Waals surface area contributed by atoms with Crippen molar-refractivity contribution in [3.63, 3.8) is 0 Å². The highest BCUT2D eigenvalue weighted by atomic mass is 35.5. The van der Waals surface area contributed by atoms with E-state index in [1.54, 1.807) is 12.1 Å². The lowest BCUT2D eigenvalue weighted by Crippen LogP contribution is -2.11. The van der Waals surface area contributed by atoms with Crippen LogP contribution in [-0.2, 0) is 0 Å². The molecule has 0 saturated heterocycles. The van der Waals surface area contributed by atoms with Gasteiger partial charge in [0.25, 0.3) is 0 Å². The Morgan fingerprint density at radius 2 is 1.70 bits per heavy atom. The van der Waals surface area contributed by atoms with Gasteiger partial charge in [-0.1, -0.05) is 47.0 Å². The highest BCUT2D eigenvalue weighted by Gasteiger charge is 2.08. The molecule has 0 radical (unpaired) electrons. The molecule has 0 aliphatic heterocycles. The summed E-state index contributed by atoms with van der Waals surface area (Å²) >= 11 is 23.0. The lowest BCUT2D eigenvalue weighted by Gasteiger charge is -2.12. The zero-order chi connectivity index (χ0) is 14.9. The predicted molar refractivity (Wildman–Crippen MR) is 91.8 cm³/mol. The Balaban J connectivity index is 2.33. The molecule has 0 aliphatic rings. The molecule has 0 spiro atoms. The van der Waals surface area contributed by atoms with Gasteiger partial charge in [-0.3, -0.25) is 0 Å². The van der Waals surface area contributed by atoms with Crippen LogP contribution in [0.4, 0.5) is 11.4 Å². The predicted octanol–water partition coefficient (Wildman–Crippen LogP) is 5.33. The van der Waals surface area contributed by atoms with Crippen molar-refractivity contribution in [3.05, 3.63) is 56.5 Å². The maximum Gasteiger partial charge on any atom is 0.104 e. The van der Waals surface area contributed by atoms with Crippen LogP contribution in [0.15, 0.2) is 30.3 Å². The molecular weight excluding hydrogens is 335 g/mol. The topological polar surface area (TPSA) is 38.0 Å². The summed E-state index contributed by atoms with van der Waals surface area (Å²) in [5.74, 6) is 0. The Morgan fingerprint density at radius 1 is 1.05 bits per heavy atom. The zero-order valence-corrected chi connectivity index (χ0v) is 13.6. The molecule has 0 aromatic heterocycles. The second kappa shape index (κ2) is 6.19. The van der Waals surface area contributed by atoms with Crippen LogP contribution < -0.4 is 11.1 Å². The molecule has 104 valence electrons. The number of nitrogens with two attached hydrogens (primary N) is 1. The number of nitrogens with one attached hydrogen (secondary N) is 1. The van der Waals surface area contributed by atoms with Crippen LogP contribution in [0.2, 0.25) is 15.1 Å². The van der Waals surface area contributed by atoms with E-state index in [-0.39, 0.29) is 0 Å². The van der Waals surface area contributed by atoms with Gasteiger partial charge in [0.05, 0.1) is 20.8 Å². The van der Waals surface area contributed by atoms with Gasteiger partial charge in [0, 0.05) is 11.3 Å². The van der Waals surface area contributed by atoms with Crippen molar-refractivity contribution in [3.8, 4) is 0 Å². The highest BCUT2D eigenvalue weighted by molar-refractivity contribution is 7.80. The molecule has 0 amide bonds. The minimum absolute atomic E-state index is 0.376. The average molecular weight is 346 g/mol. The molecule has 3 N–H and O–H groups in total. The lowest BCUT2D eigenvalue weighted by atomic mass is 10.1. The molecule has 0 atom stereocenters. The van der Waals surface area contributed by atoms with E-state index in [0.29, 0.717) is 25.7 Å². The molecule has 0 aliphatic carbocycles. The van der Waals surface area contributed by atoms with Crippen molar-refractivity contribution >= 4 is 63.4 Å². The van der Waals surface area contributed by atoms with Crippen LogP contribution in [0.3, 0.4) is 0 Å². The first kappa shape index (κ1) is 15.4. The van der Waals surface area contributed by atoms with Crippen molar-refractivity contribution < 1.29 is 0 Å². The smallest absolute Gasteiger partial charge is 0.104 e. The molecule has 20 heavy (non-hydrogen) atoms. The molecular formula is C14H11Cl3N2S. The van der Waals surface area contributed by atoms with Gasteiger partial charge in [-0.2, -0.15) is 0 Å². The summed E-state index contributed by atoms with van der Waals surface area (Å²) in [7, 11) is 0. The number of hydrogen-bond acceptors (Lipinski definition) is 2. The lowest BCUT2D eigenvalue weighted by molar-refractivity contribution is 1.42. The molecule has 0 bridgehead atoms. The summed E-state index contributed by atoms with van der Waals surface area (Å²) in [6.45, 7) is 1.94. The van der Waals surface area contributed by atoms with Crippen LogP contribution in [0, 0.1) is 6.92 Å². The van der Waals surface area contributed by atoms with Crippen molar-refractivity contribution in [2.45, 2.75) is 6.92 Å². The van der Waals surface area contributed by atoms with E-state index < -0.39 is 0 Å². The first-order valence-electron chi connectivity index (χ1n) is 5.70. The molecule has 2 aromatic rings. The van der Waals surface area contributed by atoms with Crippen LogP contribution in [0.5, 0.6) is 0 Å². The normalized spacial score (nSPS) is 10.4. The summed E-state index contributed by atoms with van der Waals surface area (Å²) in [6.07, 6.45) is 0. The van der Waals surface area contributed by atoms with Gasteiger partial charge in [-0.25, -0.2) is 0 Å². The Bertz CT molecular complexity index is 686. The molecule has 0 fully saturated rings. The molecule has 0 heterocycles. The third kappa shape index (κ3) is 3.36. The Kier molecular flexibility index (Phi) is 4.76. The van der Waals surface area contributed by atoms with E-state index in [4.69, 9.17) is 52.8 Å². The van der Waals surface area contributed by atoms with Gasteiger partial charge >= 0.3 is 0 Å². The fourth-order valence-corrected chi connectivity index (χ4v) is 2.61. The van der Waals surface area contributed by atoms with Gasteiger partial charge in [0.2, 0.25) is 0 Å². The minimum atomic E-state index is 0.376. The summed E-state index contributed by atoms with van der Waals surface area (Å²) in [5.41, 5.74) is 9.02. The molecule has 0 unspecified atom stereocenters. The first-order chi connectivity index (χ1) is 9.38. The average Bonchev–Trinajstić information content (AvgIpc) is 2.35. The number of hydrogen-bond donors (Lipinski definition) is 2. The number of aryl methyl sites for hydroxylation is 1. The molecule has 0 saturated carbocycles. The summed E-state index contributed by atoms with van der Waals surface area (Å²) in [6, 6.07) is 8.96. The fourth-order valence-electron chi connectivity index (χ4n) is 1.79. The summed E-state index contributed by atoms with van der Waals surface area (Å²) < 4.78 is 0. The zero-order valence-electron chi connectivity index (χ0n) is 10.5. The number of rotatable bonds is 3. The van der Waals surface area contributed by atoms with Crippen molar-refractivity contribution in [2.75, 3.05) is 5.32 Å². The monoisotopic (exact) mass is 344 g/mol. The molecule has 2 aromatic carbocycles. The van der Waals surface area contributed by atoms with E-state index in [1.807, 2.05) is 25.1 Å². The Hall–Kier alpha value is -1.00. The third-order valence-corrected chi connectivity index (χ3v) is 4.04. The Labute approximate surface area is 137 Å². The standard InChI is InChI=1S/C14H11Cl3N2S/c1-7-4-8(2-3-9(7)14(18)20)19-13-6-11(16)10(15)5-12(13)17/h2-6,19H,1H3,(H2,18,20). The van der Waals surface area contributed by atoms with Gasteiger partial charge in [0.1, 0.15) is 4.99 Å². The SMILES string of the molecule is Cc1cc(Nc2cc(Cl)c(Cl)cc2Cl)ccc1C(N)=S. The van der Waals surface area contributed by atoms with Crippen LogP contribution in [0.1, 0.15) is 11.1 Å². The maximum atomic E-state index is 6.13. The maximum absolute atomic E-state index is 6.13. The van der Waals surface area contributed by atoms with E-state index in [2.05, 4.69) is 5.32 Å². The molecule has 2 nitrogen and oxygen atoms in total. The molecule has 2 rings (SSSR count). The summed E-state index contributed by atoms with van der Waals surface area (Å²) in [4.78, 5) is 0.376. The van der Waals surface area contributed by atoms with Gasteiger partial charge in [-0.15, -0.1) is 0 Å². The van der Waals surface area contributed by atoms with Crippen molar-refractivity contribution in [2.24, 2.45) is 5.73 Å². The number of benzene rings is 2. The highest BCUT2D eigenvalue weighted by Crippen LogP contribution is 2.34. The number of anilines is 2.